The van der Waals surface area contributed by atoms with Crippen molar-refractivity contribution in [2.24, 2.45) is 5.92 Å². The monoisotopic (exact) mass is 124 g/mol. The van der Waals surface area contributed by atoms with Gasteiger partial charge in [-0.25, -0.2) is 0 Å². The lowest BCUT2D eigenvalue weighted by Gasteiger charge is -2.04. The molecule has 1 heteroatoms. The van der Waals surface area contributed by atoms with Crippen molar-refractivity contribution in [2.45, 2.75) is 26.2 Å². The predicted molar refractivity (Wildman–Crippen MR) is 37.2 cm³/mol. The SMILES string of the molecule is CC[C@H]1CCC=C1C=O. The molecule has 1 aliphatic rings. The molecule has 1 nitrogen and oxygen atoms in total. The first-order chi connectivity index (χ1) is 4.38. The molecule has 9 heavy (non-hydrogen) atoms. The van der Waals surface area contributed by atoms with E-state index in [1.54, 1.807) is 0 Å². The molecule has 0 heterocycles. The van der Waals surface area contributed by atoms with Crippen LogP contribution in [0.3, 0.4) is 0 Å². The molecule has 1 rings (SSSR count). The molecule has 1 atom stereocenters. The van der Waals surface area contributed by atoms with E-state index in [1.165, 1.54) is 6.42 Å². The van der Waals surface area contributed by atoms with Crippen LogP contribution in [-0.4, -0.2) is 6.29 Å². The zero-order chi connectivity index (χ0) is 6.69. The number of allylic oxidation sites excluding steroid dienone is 2. The lowest BCUT2D eigenvalue weighted by atomic mass is 10.0. The minimum atomic E-state index is 0.572. The molecule has 0 N–H and O–H groups in total. The Hall–Kier alpha value is -0.590. The van der Waals surface area contributed by atoms with Gasteiger partial charge in [-0.1, -0.05) is 13.0 Å². The molecule has 0 spiro atoms. The number of rotatable bonds is 2. The van der Waals surface area contributed by atoms with Crippen LogP contribution < -0.4 is 0 Å². The van der Waals surface area contributed by atoms with Crippen molar-refractivity contribution >= 4 is 6.29 Å². The molecular formula is C8H12O. The van der Waals surface area contributed by atoms with Crippen LogP contribution in [-0.2, 0) is 4.79 Å². The fourth-order valence-electron chi connectivity index (χ4n) is 1.37. The van der Waals surface area contributed by atoms with Crippen molar-refractivity contribution in [2.75, 3.05) is 0 Å². The predicted octanol–water partition coefficient (Wildman–Crippen LogP) is 1.93. The normalized spacial score (nSPS) is 25.9. The molecule has 0 saturated carbocycles. The minimum Gasteiger partial charge on any atom is -0.298 e. The highest BCUT2D eigenvalue weighted by atomic mass is 16.1. The Morgan fingerprint density at radius 2 is 2.67 bits per heavy atom. The number of hydrogen-bond donors (Lipinski definition) is 0. The highest BCUT2D eigenvalue weighted by molar-refractivity contribution is 5.74. The lowest BCUT2D eigenvalue weighted by Crippen LogP contribution is -1.97. The van der Waals surface area contributed by atoms with Gasteiger partial charge in [0, 0.05) is 0 Å². The molecular weight excluding hydrogens is 112 g/mol. The summed E-state index contributed by atoms with van der Waals surface area (Å²) in [6, 6.07) is 0. The molecule has 0 amide bonds. The Balaban J connectivity index is 2.56. The smallest absolute Gasteiger partial charge is 0.145 e. The third-order valence-electron chi connectivity index (χ3n) is 2.00. The first-order valence-corrected chi connectivity index (χ1v) is 3.53. The van der Waals surface area contributed by atoms with Crippen LogP contribution in [0, 0.1) is 5.92 Å². The Morgan fingerprint density at radius 3 is 3.11 bits per heavy atom. The topological polar surface area (TPSA) is 17.1 Å². The standard InChI is InChI=1S/C8H12O/c1-2-7-4-3-5-8(7)6-9/h5-7H,2-4H2,1H3/t7-/m0/s1. The van der Waals surface area contributed by atoms with Gasteiger partial charge in [0.25, 0.3) is 0 Å². The van der Waals surface area contributed by atoms with Crippen LogP contribution in [0.5, 0.6) is 0 Å². The Kier molecular flexibility index (Phi) is 2.04. The van der Waals surface area contributed by atoms with Crippen molar-refractivity contribution in [3.63, 3.8) is 0 Å². The first-order valence-electron chi connectivity index (χ1n) is 3.53. The number of carbonyl (C=O) groups excluding carboxylic acids is 1. The van der Waals surface area contributed by atoms with Gasteiger partial charge in [-0.05, 0) is 30.8 Å². The molecule has 0 aromatic heterocycles. The largest absolute Gasteiger partial charge is 0.298 e. The Morgan fingerprint density at radius 1 is 1.89 bits per heavy atom. The first kappa shape index (κ1) is 6.53. The molecule has 0 aliphatic heterocycles. The van der Waals surface area contributed by atoms with Crippen LogP contribution in [0.15, 0.2) is 11.6 Å². The number of hydrogen-bond acceptors (Lipinski definition) is 1. The number of carbonyl (C=O) groups is 1. The van der Waals surface area contributed by atoms with Crippen molar-refractivity contribution < 1.29 is 4.79 Å². The molecule has 1 aliphatic carbocycles. The Bertz CT molecular complexity index is 136. The number of aldehydes is 1. The van der Waals surface area contributed by atoms with Gasteiger partial charge in [-0.2, -0.15) is 0 Å². The third kappa shape index (κ3) is 1.21. The van der Waals surface area contributed by atoms with E-state index in [-0.39, 0.29) is 0 Å². The second-order valence-corrected chi connectivity index (χ2v) is 2.50. The summed E-state index contributed by atoms with van der Waals surface area (Å²) in [4.78, 5) is 10.3. The minimum absolute atomic E-state index is 0.572. The Labute approximate surface area is 55.8 Å². The summed E-state index contributed by atoms with van der Waals surface area (Å²) < 4.78 is 0. The van der Waals surface area contributed by atoms with Crippen molar-refractivity contribution in [3.05, 3.63) is 11.6 Å². The van der Waals surface area contributed by atoms with Gasteiger partial charge >= 0.3 is 0 Å². The van der Waals surface area contributed by atoms with E-state index in [4.69, 9.17) is 0 Å². The summed E-state index contributed by atoms with van der Waals surface area (Å²) in [5.41, 5.74) is 1.03. The van der Waals surface area contributed by atoms with Crippen LogP contribution in [0.1, 0.15) is 26.2 Å². The fourth-order valence-corrected chi connectivity index (χ4v) is 1.37. The summed E-state index contributed by atoms with van der Waals surface area (Å²) in [6.07, 6.45) is 6.46. The molecule has 0 aromatic rings. The molecule has 0 radical (unpaired) electrons. The molecule has 0 fully saturated rings. The van der Waals surface area contributed by atoms with Crippen molar-refractivity contribution in [1.29, 1.82) is 0 Å². The van der Waals surface area contributed by atoms with Gasteiger partial charge in [0.05, 0.1) is 0 Å². The van der Waals surface area contributed by atoms with Gasteiger partial charge in [-0.3, -0.25) is 4.79 Å². The van der Waals surface area contributed by atoms with Crippen molar-refractivity contribution in [1.82, 2.24) is 0 Å². The fraction of sp³-hybridized carbons (Fsp3) is 0.625. The molecule has 0 unspecified atom stereocenters. The van der Waals surface area contributed by atoms with E-state index in [9.17, 15) is 4.79 Å². The molecule has 0 saturated heterocycles. The van der Waals surface area contributed by atoms with Crippen LogP contribution in [0.4, 0.5) is 0 Å². The summed E-state index contributed by atoms with van der Waals surface area (Å²) >= 11 is 0. The lowest BCUT2D eigenvalue weighted by molar-refractivity contribution is -0.105. The van der Waals surface area contributed by atoms with Gasteiger partial charge in [0.15, 0.2) is 0 Å². The molecule has 0 aromatic carbocycles. The second kappa shape index (κ2) is 2.81. The van der Waals surface area contributed by atoms with Gasteiger partial charge in [-0.15, -0.1) is 0 Å². The summed E-state index contributed by atoms with van der Waals surface area (Å²) in [5.74, 6) is 0.572. The van der Waals surface area contributed by atoms with Gasteiger partial charge in [0.2, 0.25) is 0 Å². The molecule has 0 bridgehead atoms. The van der Waals surface area contributed by atoms with E-state index in [0.29, 0.717) is 5.92 Å². The third-order valence-corrected chi connectivity index (χ3v) is 2.00. The summed E-state index contributed by atoms with van der Waals surface area (Å²) in [5, 5.41) is 0. The average Bonchev–Trinajstić information content (AvgIpc) is 2.33. The van der Waals surface area contributed by atoms with Gasteiger partial charge in [0.1, 0.15) is 6.29 Å². The maximum atomic E-state index is 10.3. The zero-order valence-electron chi connectivity index (χ0n) is 5.76. The summed E-state index contributed by atoms with van der Waals surface area (Å²) in [6.45, 7) is 2.13. The van der Waals surface area contributed by atoms with Crippen LogP contribution in [0.2, 0.25) is 0 Å². The highest BCUT2D eigenvalue weighted by Gasteiger charge is 2.15. The van der Waals surface area contributed by atoms with E-state index < -0.39 is 0 Å². The second-order valence-electron chi connectivity index (χ2n) is 2.50. The maximum absolute atomic E-state index is 10.3. The quantitative estimate of drug-likeness (QED) is 0.514. The van der Waals surface area contributed by atoms with Crippen LogP contribution in [0.25, 0.3) is 0 Å². The van der Waals surface area contributed by atoms with E-state index in [2.05, 4.69) is 13.0 Å². The highest BCUT2D eigenvalue weighted by Crippen LogP contribution is 2.26. The molecule has 50 valence electrons. The van der Waals surface area contributed by atoms with Crippen molar-refractivity contribution in [3.8, 4) is 0 Å². The zero-order valence-corrected chi connectivity index (χ0v) is 5.76. The average molecular weight is 124 g/mol. The summed E-state index contributed by atoms with van der Waals surface area (Å²) in [7, 11) is 0. The van der Waals surface area contributed by atoms with Crippen LogP contribution >= 0.6 is 0 Å². The van der Waals surface area contributed by atoms with E-state index >= 15 is 0 Å². The van der Waals surface area contributed by atoms with Gasteiger partial charge < -0.3 is 0 Å². The van der Waals surface area contributed by atoms with E-state index in [1.807, 2.05) is 0 Å². The maximum Gasteiger partial charge on any atom is 0.145 e. The van der Waals surface area contributed by atoms with E-state index in [0.717, 1.165) is 24.7 Å².